The Labute approximate surface area is 199 Å². The summed E-state index contributed by atoms with van der Waals surface area (Å²) in [6, 6.07) is 10.1. The van der Waals surface area contributed by atoms with E-state index in [1.807, 2.05) is 50.4 Å². The highest BCUT2D eigenvalue weighted by Gasteiger charge is 2.14. The summed E-state index contributed by atoms with van der Waals surface area (Å²) in [6.45, 7) is 11.3. The summed E-state index contributed by atoms with van der Waals surface area (Å²) in [5.41, 5.74) is 3.55. The summed E-state index contributed by atoms with van der Waals surface area (Å²) in [5, 5.41) is 13.3. The molecule has 0 unspecified atom stereocenters. The van der Waals surface area contributed by atoms with E-state index in [1.54, 1.807) is 11.3 Å². The summed E-state index contributed by atoms with van der Waals surface area (Å²) in [7, 11) is 0. The van der Waals surface area contributed by atoms with Gasteiger partial charge in [0.2, 0.25) is 5.95 Å². The van der Waals surface area contributed by atoms with E-state index >= 15 is 0 Å². The molecule has 0 aliphatic rings. The third-order valence-electron chi connectivity index (χ3n) is 4.58. The standard InChI is InChI=1S/C24H33N7OS/c1-6-11-25-22-30-19(12-20(31-22)21-14-27-24(33-21)29-16(4)5)18-10-8-7-9-17(18)13-26-23(32)28-15(2)3/h7-10,12,14-16H,6,11,13H2,1-5H3,(H,27,29)(H,25,30,31)(H2,26,28,32). The van der Waals surface area contributed by atoms with Crippen molar-refractivity contribution in [1.82, 2.24) is 25.6 Å². The Morgan fingerprint density at radius 3 is 2.55 bits per heavy atom. The maximum absolute atomic E-state index is 12.1. The Bertz CT molecular complexity index is 1060. The molecule has 8 nitrogen and oxygen atoms in total. The van der Waals surface area contributed by atoms with E-state index in [0.717, 1.165) is 45.5 Å². The number of hydrogen-bond acceptors (Lipinski definition) is 7. The minimum absolute atomic E-state index is 0.0753. The van der Waals surface area contributed by atoms with E-state index in [1.165, 1.54) is 0 Å². The predicted octanol–water partition coefficient (Wildman–Crippen LogP) is 5.12. The van der Waals surface area contributed by atoms with Crippen LogP contribution < -0.4 is 21.3 Å². The molecule has 4 N–H and O–H groups in total. The highest BCUT2D eigenvalue weighted by atomic mass is 32.1. The normalized spacial score (nSPS) is 11.0. The van der Waals surface area contributed by atoms with Crippen LogP contribution in [0.15, 0.2) is 36.5 Å². The first kappa shape index (κ1) is 24.4. The Morgan fingerprint density at radius 1 is 1.06 bits per heavy atom. The molecule has 1 aromatic carbocycles. The SMILES string of the molecule is CCCNc1nc(-c2cnc(NC(C)C)s2)cc(-c2ccccc2CNC(=O)NC(C)C)n1. The number of carbonyl (C=O) groups is 1. The number of nitrogens with one attached hydrogen (secondary N) is 4. The lowest BCUT2D eigenvalue weighted by molar-refractivity contribution is 0.238. The van der Waals surface area contributed by atoms with Crippen LogP contribution in [-0.2, 0) is 6.54 Å². The van der Waals surface area contributed by atoms with Gasteiger partial charge in [0.05, 0.1) is 16.3 Å². The highest BCUT2D eigenvalue weighted by Crippen LogP contribution is 2.32. The van der Waals surface area contributed by atoms with Crippen molar-refractivity contribution in [3.05, 3.63) is 42.1 Å². The molecule has 0 radical (unpaired) electrons. The zero-order valence-corrected chi connectivity index (χ0v) is 20.7. The van der Waals surface area contributed by atoms with Gasteiger partial charge in [-0.1, -0.05) is 42.5 Å². The molecule has 3 rings (SSSR count). The monoisotopic (exact) mass is 467 g/mol. The molecule has 0 bridgehead atoms. The van der Waals surface area contributed by atoms with Crippen molar-refractivity contribution >= 4 is 28.4 Å². The number of urea groups is 1. The number of amides is 2. The van der Waals surface area contributed by atoms with Crippen LogP contribution in [0.4, 0.5) is 15.9 Å². The molecule has 0 fully saturated rings. The molecule has 3 aromatic rings. The van der Waals surface area contributed by atoms with Gasteiger partial charge in [0.25, 0.3) is 0 Å². The number of rotatable bonds is 10. The Hall–Kier alpha value is -3.20. The van der Waals surface area contributed by atoms with E-state index < -0.39 is 0 Å². The molecule has 0 atom stereocenters. The Kier molecular flexibility index (Phi) is 8.59. The number of carbonyl (C=O) groups excluding carboxylic acids is 1. The fraction of sp³-hybridized carbons (Fsp3) is 0.417. The van der Waals surface area contributed by atoms with Crippen molar-refractivity contribution in [2.75, 3.05) is 17.2 Å². The first-order valence-electron chi connectivity index (χ1n) is 11.3. The van der Waals surface area contributed by atoms with Crippen LogP contribution in [0.2, 0.25) is 0 Å². The summed E-state index contributed by atoms with van der Waals surface area (Å²) in [5.74, 6) is 0.580. The zero-order valence-electron chi connectivity index (χ0n) is 19.9. The summed E-state index contributed by atoms with van der Waals surface area (Å²) in [4.78, 5) is 27.1. The number of anilines is 2. The molecule has 0 saturated heterocycles. The molecule has 2 amide bonds. The molecule has 0 aliphatic heterocycles. The maximum Gasteiger partial charge on any atom is 0.315 e. The lowest BCUT2D eigenvalue weighted by Gasteiger charge is -2.14. The zero-order chi connectivity index (χ0) is 23.8. The molecule has 176 valence electrons. The average molecular weight is 468 g/mol. The second-order valence-corrected chi connectivity index (χ2v) is 9.39. The largest absolute Gasteiger partial charge is 0.359 e. The van der Waals surface area contributed by atoms with Gasteiger partial charge in [0.1, 0.15) is 0 Å². The third kappa shape index (κ3) is 7.15. The van der Waals surface area contributed by atoms with Gasteiger partial charge in [0, 0.05) is 36.9 Å². The first-order chi connectivity index (χ1) is 15.9. The molecule has 33 heavy (non-hydrogen) atoms. The average Bonchev–Trinajstić information content (AvgIpc) is 3.23. The number of thiazole rings is 1. The molecular formula is C24H33N7OS. The number of benzene rings is 1. The smallest absolute Gasteiger partial charge is 0.315 e. The molecule has 0 saturated carbocycles. The van der Waals surface area contributed by atoms with Gasteiger partial charge in [-0.3, -0.25) is 0 Å². The Morgan fingerprint density at radius 2 is 1.82 bits per heavy atom. The van der Waals surface area contributed by atoms with Gasteiger partial charge in [-0.2, -0.15) is 0 Å². The number of nitrogens with zero attached hydrogens (tertiary/aromatic N) is 3. The van der Waals surface area contributed by atoms with E-state index in [2.05, 4.69) is 47.0 Å². The number of hydrogen-bond donors (Lipinski definition) is 4. The van der Waals surface area contributed by atoms with Crippen molar-refractivity contribution in [1.29, 1.82) is 0 Å². The molecule has 0 aliphatic carbocycles. The molecule has 0 spiro atoms. The summed E-state index contributed by atoms with van der Waals surface area (Å²) < 4.78 is 0. The van der Waals surface area contributed by atoms with Crippen molar-refractivity contribution in [2.24, 2.45) is 0 Å². The van der Waals surface area contributed by atoms with Gasteiger partial charge >= 0.3 is 6.03 Å². The van der Waals surface area contributed by atoms with E-state index in [0.29, 0.717) is 18.5 Å². The minimum atomic E-state index is -0.191. The van der Waals surface area contributed by atoms with Crippen molar-refractivity contribution in [2.45, 2.75) is 59.7 Å². The topological polar surface area (TPSA) is 104 Å². The van der Waals surface area contributed by atoms with Crippen LogP contribution in [0, 0.1) is 0 Å². The quantitative estimate of drug-likeness (QED) is 0.330. The second-order valence-electron chi connectivity index (χ2n) is 8.36. The van der Waals surface area contributed by atoms with E-state index in [9.17, 15) is 4.79 Å². The van der Waals surface area contributed by atoms with Gasteiger partial charge in [-0.05, 0) is 45.7 Å². The lowest BCUT2D eigenvalue weighted by atomic mass is 10.0. The van der Waals surface area contributed by atoms with E-state index in [-0.39, 0.29) is 12.1 Å². The summed E-state index contributed by atoms with van der Waals surface area (Å²) in [6.07, 6.45) is 2.81. The summed E-state index contributed by atoms with van der Waals surface area (Å²) >= 11 is 1.57. The molecule has 2 heterocycles. The first-order valence-corrected chi connectivity index (χ1v) is 12.2. The third-order valence-corrected chi connectivity index (χ3v) is 5.53. The Balaban J connectivity index is 1.94. The van der Waals surface area contributed by atoms with Crippen molar-refractivity contribution in [3.8, 4) is 21.8 Å². The highest BCUT2D eigenvalue weighted by molar-refractivity contribution is 7.18. The molecule has 2 aromatic heterocycles. The van der Waals surface area contributed by atoms with Gasteiger partial charge in [-0.25, -0.2) is 19.7 Å². The fourth-order valence-corrected chi connectivity index (χ4v) is 4.07. The molecule has 9 heteroatoms. The van der Waals surface area contributed by atoms with Crippen LogP contribution >= 0.6 is 11.3 Å². The van der Waals surface area contributed by atoms with Crippen LogP contribution in [-0.4, -0.2) is 39.6 Å². The van der Waals surface area contributed by atoms with Crippen LogP contribution in [0.3, 0.4) is 0 Å². The fourth-order valence-electron chi connectivity index (χ4n) is 3.15. The van der Waals surface area contributed by atoms with Crippen molar-refractivity contribution in [3.63, 3.8) is 0 Å². The molecular weight excluding hydrogens is 434 g/mol. The van der Waals surface area contributed by atoms with Gasteiger partial charge < -0.3 is 21.3 Å². The van der Waals surface area contributed by atoms with Crippen LogP contribution in [0.5, 0.6) is 0 Å². The van der Waals surface area contributed by atoms with E-state index in [4.69, 9.17) is 9.97 Å². The maximum atomic E-state index is 12.1. The van der Waals surface area contributed by atoms with Crippen LogP contribution in [0.25, 0.3) is 21.8 Å². The minimum Gasteiger partial charge on any atom is -0.359 e. The van der Waals surface area contributed by atoms with Crippen molar-refractivity contribution < 1.29 is 4.79 Å². The van der Waals surface area contributed by atoms with Gasteiger partial charge in [0.15, 0.2) is 5.13 Å². The van der Waals surface area contributed by atoms with Crippen LogP contribution in [0.1, 0.15) is 46.6 Å². The lowest BCUT2D eigenvalue weighted by Crippen LogP contribution is -2.39. The predicted molar refractivity (Wildman–Crippen MR) is 137 cm³/mol. The van der Waals surface area contributed by atoms with Gasteiger partial charge in [-0.15, -0.1) is 0 Å². The number of aromatic nitrogens is 3. The second kappa shape index (κ2) is 11.6.